The third kappa shape index (κ3) is 4.70. The van der Waals surface area contributed by atoms with Crippen molar-refractivity contribution in [3.63, 3.8) is 0 Å². The van der Waals surface area contributed by atoms with Gasteiger partial charge >= 0.3 is 5.97 Å². The molecule has 146 valence electrons. The van der Waals surface area contributed by atoms with Gasteiger partial charge in [0, 0.05) is 5.38 Å². The van der Waals surface area contributed by atoms with Crippen LogP contribution in [0, 0.1) is 6.92 Å². The van der Waals surface area contributed by atoms with Crippen LogP contribution in [0.25, 0.3) is 10.6 Å². The van der Waals surface area contributed by atoms with Gasteiger partial charge in [0.05, 0.1) is 5.56 Å². The SMILES string of the molecule is Cc1cc(OCCOc2ccccc2-c2nc(C(=O)O)cs2)ccc1C(C)C. The highest BCUT2D eigenvalue weighted by Crippen LogP contribution is 2.32. The number of nitrogens with zero attached hydrogens (tertiary/aromatic N) is 1. The van der Waals surface area contributed by atoms with Gasteiger partial charge in [0.15, 0.2) is 5.69 Å². The molecule has 1 N–H and O–H groups in total. The van der Waals surface area contributed by atoms with Crippen molar-refractivity contribution in [2.45, 2.75) is 26.7 Å². The van der Waals surface area contributed by atoms with Gasteiger partial charge in [-0.2, -0.15) is 0 Å². The van der Waals surface area contributed by atoms with Gasteiger partial charge in [-0.25, -0.2) is 9.78 Å². The smallest absolute Gasteiger partial charge is 0.355 e. The van der Waals surface area contributed by atoms with E-state index in [4.69, 9.17) is 14.6 Å². The van der Waals surface area contributed by atoms with Crippen molar-refractivity contribution in [1.82, 2.24) is 4.98 Å². The number of para-hydroxylation sites is 1. The summed E-state index contributed by atoms with van der Waals surface area (Å²) in [7, 11) is 0. The topological polar surface area (TPSA) is 68.7 Å². The van der Waals surface area contributed by atoms with Gasteiger partial charge in [0.2, 0.25) is 0 Å². The van der Waals surface area contributed by atoms with E-state index in [1.54, 1.807) is 0 Å². The maximum absolute atomic E-state index is 11.1. The molecule has 2 aromatic carbocycles. The Balaban J connectivity index is 1.61. The first-order valence-electron chi connectivity index (χ1n) is 9.10. The first-order valence-corrected chi connectivity index (χ1v) is 9.98. The fourth-order valence-electron chi connectivity index (χ4n) is 2.96. The fourth-order valence-corrected chi connectivity index (χ4v) is 3.79. The van der Waals surface area contributed by atoms with Crippen LogP contribution in [0.2, 0.25) is 0 Å². The summed E-state index contributed by atoms with van der Waals surface area (Å²) in [6.45, 7) is 7.23. The van der Waals surface area contributed by atoms with E-state index in [0.717, 1.165) is 11.3 Å². The summed E-state index contributed by atoms with van der Waals surface area (Å²) >= 11 is 1.28. The quantitative estimate of drug-likeness (QED) is 0.516. The third-order valence-corrected chi connectivity index (χ3v) is 5.19. The van der Waals surface area contributed by atoms with Crippen molar-refractivity contribution < 1.29 is 19.4 Å². The Morgan fingerprint density at radius 1 is 1.14 bits per heavy atom. The molecule has 0 aliphatic carbocycles. The highest BCUT2D eigenvalue weighted by molar-refractivity contribution is 7.13. The number of carboxylic acid groups (broad SMARTS) is 1. The van der Waals surface area contributed by atoms with Crippen molar-refractivity contribution >= 4 is 17.3 Å². The zero-order valence-corrected chi connectivity index (χ0v) is 17.0. The summed E-state index contributed by atoms with van der Waals surface area (Å²) in [5.74, 6) is 0.933. The summed E-state index contributed by atoms with van der Waals surface area (Å²) in [5, 5.41) is 11.2. The van der Waals surface area contributed by atoms with Crippen molar-refractivity contribution in [2.24, 2.45) is 0 Å². The summed E-state index contributed by atoms with van der Waals surface area (Å²) in [5.41, 5.74) is 3.36. The van der Waals surface area contributed by atoms with Crippen molar-refractivity contribution in [2.75, 3.05) is 13.2 Å². The molecule has 28 heavy (non-hydrogen) atoms. The average molecular weight is 397 g/mol. The van der Waals surface area contributed by atoms with Crippen LogP contribution in [-0.4, -0.2) is 29.3 Å². The largest absolute Gasteiger partial charge is 0.490 e. The highest BCUT2D eigenvalue weighted by Gasteiger charge is 2.13. The minimum atomic E-state index is -1.03. The van der Waals surface area contributed by atoms with Crippen LogP contribution in [0.15, 0.2) is 47.8 Å². The molecule has 1 aromatic heterocycles. The van der Waals surface area contributed by atoms with Crippen LogP contribution in [-0.2, 0) is 0 Å². The second-order valence-corrected chi connectivity index (χ2v) is 7.57. The lowest BCUT2D eigenvalue weighted by atomic mass is 9.98. The second-order valence-electron chi connectivity index (χ2n) is 6.71. The molecule has 5 nitrogen and oxygen atoms in total. The summed E-state index contributed by atoms with van der Waals surface area (Å²) in [6, 6.07) is 13.6. The van der Waals surface area contributed by atoms with Crippen molar-refractivity contribution in [3.05, 3.63) is 64.7 Å². The van der Waals surface area contributed by atoms with Gasteiger partial charge in [0.25, 0.3) is 0 Å². The monoisotopic (exact) mass is 397 g/mol. The van der Waals surface area contributed by atoms with Crippen LogP contribution < -0.4 is 9.47 Å². The number of aromatic carboxylic acids is 1. The molecule has 0 radical (unpaired) electrons. The van der Waals surface area contributed by atoms with Gasteiger partial charge in [-0.05, 0) is 48.2 Å². The predicted molar refractivity (Wildman–Crippen MR) is 111 cm³/mol. The Morgan fingerprint density at radius 2 is 1.89 bits per heavy atom. The zero-order chi connectivity index (χ0) is 20.1. The van der Waals surface area contributed by atoms with Gasteiger partial charge in [-0.3, -0.25) is 0 Å². The van der Waals surface area contributed by atoms with E-state index < -0.39 is 5.97 Å². The lowest BCUT2D eigenvalue weighted by Crippen LogP contribution is -2.09. The van der Waals surface area contributed by atoms with Gasteiger partial charge in [-0.15, -0.1) is 11.3 Å². The molecule has 0 bridgehead atoms. The summed E-state index contributed by atoms with van der Waals surface area (Å²) in [6.07, 6.45) is 0. The van der Waals surface area contributed by atoms with Crippen LogP contribution in [0.1, 0.15) is 41.4 Å². The normalized spacial score (nSPS) is 10.9. The van der Waals surface area contributed by atoms with E-state index in [9.17, 15) is 4.79 Å². The Bertz CT molecular complexity index is 965. The maximum Gasteiger partial charge on any atom is 0.355 e. The van der Waals surface area contributed by atoms with E-state index in [1.165, 1.54) is 27.8 Å². The minimum Gasteiger partial charge on any atom is -0.490 e. The molecule has 3 rings (SSSR count). The number of carbonyl (C=O) groups is 1. The van der Waals surface area contributed by atoms with E-state index in [2.05, 4.69) is 31.8 Å². The van der Waals surface area contributed by atoms with E-state index >= 15 is 0 Å². The Hall–Kier alpha value is -2.86. The van der Waals surface area contributed by atoms with Gasteiger partial charge in [0.1, 0.15) is 29.7 Å². The molecule has 0 aliphatic rings. The van der Waals surface area contributed by atoms with Crippen LogP contribution in [0.5, 0.6) is 11.5 Å². The molecule has 0 atom stereocenters. The number of hydrogen-bond donors (Lipinski definition) is 1. The summed E-state index contributed by atoms with van der Waals surface area (Å²) in [4.78, 5) is 15.2. The lowest BCUT2D eigenvalue weighted by Gasteiger charge is -2.13. The Kier molecular flexibility index (Phi) is 6.31. The molecule has 0 aliphatic heterocycles. The van der Waals surface area contributed by atoms with Crippen molar-refractivity contribution in [1.29, 1.82) is 0 Å². The number of aromatic nitrogens is 1. The molecular weight excluding hydrogens is 374 g/mol. The number of carboxylic acids is 1. The molecule has 0 saturated carbocycles. The lowest BCUT2D eigenvalue weighted by molar-refractivity contribution is 0.0691. The summed E-state index contributed by atoms with van der Waals surface area (Å²) < 4.78 is 11.7. The second kappa shape index (κ2) is 8.89. The minimum absolute atomic E-state index is 0.0401. The first kappa shape index (κ1) is 19.9. The van der Waals surface area contributed by atoms with E-state index in [1.807, 2.05) is 36.4 Å². The predicted octanol–water partition coefficient (Wildman–Crippen LogP) is 5.40. The fraction of sp³-hybridized carbons (Fsp3) is 0.273. The molecule has 1 heterocycles. The number of ether oxygens (including phenoxy) is 2. The first-order chi connectivity index (χ1) is 13.5. The number of aryl methyl sites for hydroxylation is 1. The Labute approximate surface area is 168 Å². The third-order valence-electron chi connectivity index (χ3n) is 4.31. The molecule has 3 aromatic rings. The van der Waals surface area contributed by atoms with E-state index in [0.29, 0.717) is 29.9 Å². The average Bonchev–Trinajstić information content (AvgIpc) is 3.16. The number of rotatable bonds is 8. The molecule has 0 saturated heterocycles. The molecule has 0 amide bonds. The highest BCUT2D eigenvalue weighted by atomic mass is 32.1. The molecule has 0 spiro atoms. The van der Waals surface area contributed by atoms with Crippen LogP contribution >= 0.6 is 11.3 Å². The number of thiazole rings is 1. The van der Waals surface area contributed by atoms with E-state index in [-0.39, 0.29) is 5.69 Å². The molecule has 0 unspecified atom stereocenters. The zero-order valence-electron chi connectivity index (χ0n) is 16.1. The van der Waals surface area contributed by atoms with Crippen LogP contribution in [0.3, 0.4) is 0 Å². The Morgan fingerprint density at radius 3 is 2.57 bits per heavy atom. The number of benzene rings is 2. The van der Waals surface area contributed by atoms with Crippen LogP contribution in [0.4, 0.5) is 0 Å². The van der Waals surface area contributed by atoms with Gasteiger partial charge < -0.3 is 14.6 Å². The van der Waals surface area contributed by atoms with Crippen molar-refractivity contribution in [3.8, 4) is 22.1 Å². The molecule has 0 fully saturated rings. The molecular formula is C22H23NO4S. The standard InChI is InChI=1S/C22H23NO4S/c1-14(2)17-9-8-16(12-15(17)3)26-10-11-27-20-7-5-4-6-18(20)21-23-19(13-28-21)22(24)25/h4-9,12-14H,10-11H2,1-3H3,(H,24,25). The maximum atomic E-state index is 11.1. The number of hydrogen-bond acceptors (Lipinski definition) is 5. The van der Waals surface area contributed by atoms with Gasteiger partial charge in [-0.1, -0.05) is 32.0 Å². The molecule has 6 heteroatoms.